The maximum absolute atomic E-state index is 13.9. The van der Waals surface area contributed by atoms with E-state index in [2.05, 4.69) is 4.98 Å². The summed E-state index contributed by atoms with van der Waals surface area (Å²) in [5.41, 5.74) is 7.11. The maximum Gasteiger partial charge on any atom is 0.206 e. The van der Waals surface area contributed by atoms with E-state index in [1.807, 2.05) is 6.07 Å². The summed E-state index contributed by atoms with van der Waals surface area (Å²) in [6.45, 7) is 0. The number of halogens is 1. The molecule has 1 aromatic heterocycles. The number of fused-ring (bicyclic) bond motifs is 1. The van der Waals surface area contributed by atoms with Gasteiger partial charge in [-0.2, -0.15) is 0 Å². The molecule has 2 aromatic carbocycles. The van der Waals surface area contributed by atoms with Crippen LogP contribution < -0.4 is 5.73 Å². The van der Waals surface area contributed by atoms with Crippen molar-refractivity contribution < 1.29 is 9.50 Å². The van der Waals surface area contributed by atoms with Crippen LogP contribution in [0, 0.1) is 5.82 Å². The number of aromatic nitrogens is 2. The van der Waals surface area contributed by atoms with Crippen molar-refractivity contribution >= 4 is 17.0 Å². The molecule has 0 atom stereocenters. The van der Waals surface area contributed by atoms with Gasteiger partial charge < -0.3 is 10.8 Å². The highest BCUT2D eigenvalue weighted by Crippen LogP contribution is 2.30. The van der Waals surface area contributed by atoms with E-state index in [9.17, 15) is 9.50 Å². The molecule has 0 aliphatic heterocycles. The molecule has 0 bridgehead atoms. The zero-order valence-corrected chi connectivity index (χ0v) is 9.34. The summed E-state index contributed by atoms with van der Waals surface area (Å²) in [5, 5.41) is 9.80. The summed E-state index contributed by atoms with van der Waals surface area (Å²) in [4.78, 5) is 4.13. The Kier molecular flexibility index (Phi) is 2.19. The predicted molar refractivity (Wildman–Crippen MR) is 67.1 cm³/mol. The zero-order valence-electron chi connectivity index (χ0n) is 9.34. The molecule has 3 N–H and O–H groups in total. The molecule has 0 saturated carbocycles. The van der Waals surface area contributed by atoms with Gasteiger partial charge >= 0.3 is 0 Å². The van der Waals surface area contributed by atoms with Crippen LogP contribution in [-0.2, 0) is 0 Å². The number of nitrogens with zero attached hydrogens (tertiary/aromatic N) is 2. The monoisotopic (exact) mass is 243 g/mol. The Morgan fingerprint density at radius 3 is 2.67 bits per heavy atom. The minimum Gasteiger partial charge on any atom is -0.506 e. The number of aromatic hydroxyl groups is 1. The van der Waals surface area contributed by atoms with E-state index in [-0.39, 0.29) is 17.4 Å². The van der Waals surface area contributed by atoms with Gasteiger partial charge in [-0.15, -0.1) is 0 Å². The third-order valence-electron chi connectivity index (χ3n) is 2.78. The van der Waals surface area contributed by atoms with Crippen molar-refractivity contribution in [2.75, 3.05) is 5.73 Å². The van der Waals surface area contributed by atoms with Crippen molar-refractivity contribution in [1.82, 2.24) is 9.55 Å². The van der Waals surface area contributed by atoms with E-state index in [1.165, 1.54) is 22.8 Å². The normalized spacial score (nSPS) is 10.9. The van der Waals surface area contributed by atoms with E-state index >= 15 is 0 Å². The van der Waals surface area contributed by atoms with Crippen LogP contribution in [0.15, 0.2) is 42.5 Å². The highest BCUT2D eigenvalue weighted by Gasteiger charge is 2.16. The first-order chi connectivity index (χ1) is 8.68. The Morgan fingerprint density at radius 2 is 1.89 bits per heavy atom. The zero-order chi connectivity index (χ0) is 12.7. The van der Waals surface area contributed by atoms with Gasteiger partial charge in [0.05, 0.1) is 11.0 Å². The van der Waals surface area contributed by atoms with Crippen LogP contribution in [0.5, 0.6) is 5.75 Å². The number of phenolic OH excluding ortho intramolecular Hbond substituents is 1. The summed E-state index contributed by atoms with van der Waals surface area (Å²) in [7, 11) is 0. The van der Waals surface area contributed by atoms with Gasteiger partial charge in [-0.25, -0.2) is 9.37 Å². The molecule has 0 fully saturated rings. The lowest BCUT2D eigenvalue weighted by Crippen LogP contribution is -2.03. The highest BCUT2D eigenvalue weighted by molar-refractivity contribution is 5.81. The first-order valence-corrected chi connectivity index (χ1v) is 5.39. The van der Waals surface area contributed by atoms with Crippen molar-refractivity contribution in [1.29, 1.82) is 0 Å². The van der Waals surface area contributed by atoms with E-state index in [1.54, 1.807) is 18.2 Å². The summed E-state index contributed by atoms with van der Waals surface area (Å²) in [6.07, 6.45) is 0. The molecule has 0 aliphatic rings. The summed E-state index contributed by atoms with van der Waals surface area (Å²) >= 11 is 0. The number of phenols is 1. The third kappa shape index (κ3) is 1.41. The Morgan fingerprint density at radius 1 is 1.11 bits per heavy atom. The van der Waals surface area contributed by atoms with Crippen LogP contribution in [0.3, 0.4) is 0 Å². The molecule has 18 heavy (non-hydrogen) atoms. The molecule has 0 radical (unpaired) electrons. The molecule has 0 saturated heterocycles. The highest BCUT2D eigenvalue weighted by atomic mass is 19.1. The fourth-order valence-corrected chi connectivity index (χ4v) is 2.00. The topological polar surface area (TPSA) is 64.1 Å². The maximum atomic E-state index is 13.9. The predicted octanol–water partition coefficient (Wildman–Crippen LogP) is 2.45. The van der Waals surface area contributed by atoms with Gasteiger partial charge in [0, 0.05) is 0 Å². The van der Waals surface area contributed by atoms with Crippen LogP contribution in [0.2, 0.25) is 0 Å². The number of nitrogen functional groups attached to an aromatic ring is 1. The molecule has 0 amide bonds. The Labute approximate surface area is 102 Å². The van der Waals surface area contributed by atoms with Crippen molar-refractivity contribution in [3.8, 4) is 11.4 Å². The first-order valence-electron chi connectivity index (χ1n) is 5.39. The summed E-state index contributed by atoms with van der Waals surface area (Å²) in [6, 6.07) is 11.3. The number of para-hydroxylation sites is 3. The van der Waals surface area contributed by atoms with E-state index in [4.69, 9.17) is 5.73 Å². The molecule has 3 aromatic rings. The van der Waals surface area contributed by atoms with Gasteiger partial charge in [-0.3, -0.25) is 4.57 Å². The largest absolute Gasteiger partial charge is 0.506 e. The molecule has 90 valence electrons. The minimum absolute atomic E-state index is 0.0173. The number of hydrogen-bond acceptors (Lipinski definition) is 3. The number of imidazole rings is 1. The lowest BCUT2D eigenvalue weighted by Gasteiger charge is -2.09. The van der Waals surface area contributed by atoms with Crippen molar-refractivity contribution in [3.05, 3.63) is 48.3 Å². The minimum atomic E-state index is -0.551. The molecule has 0 unspecified atom stereocenters. The van der Waals surface area contributed by atoms with Crippen LogP contribution in [-0.4, -0.2) is 14.7 Å². The second-order valence-electron chi connectivity index (χ2n) is 3.90. The van der Waals surface area contributed by atoms with Crippen molar-refractivity contribution in [2.24, 2.45) is 0 Å². The van der Waals surface area contributed by atoms with Gasteiger partial charge in [0.25, 0.3) is 0 Å². The Bertz CT molecular complexity index is 716. The average Bonchev–Trinajstić information content (AvgIpc) is 2.66. The Hall–Kier alpha value is -2.56. The van der Waals surface area contributed by atoms with E-state index in [0.29, 0.717) is 11.0 Å². The van der Waals surface area contributed by atoms with Crippen LogP contribution >= 0.6 is 0 Å². The lowest BCUT2D eigenvalue weighted by molar-refractivity contribution is 0.465. The van der Waals surface area contributed by atoms with Crippen molar-refractivity contribution in [3.63, 3.8) is 0 Å². The molecule has 0 spiro atoms. The third-order valence-corrected chi connectivity index (χ3v) is 2.78. The molecule has 3 rings (SSSR count). The smallest absolute Gasteiger partial charge is 0.206 e. The van der Waals surface area contributed by atoms with Gasteiger partial charge in [0.15, 0.2) is 5.82 Å². The quantitative estimate of drug-likeness (QED) is 0.690. The van der Waals surface area contributed by atoms with Gasteiger partial charge in [-0.05, 0) is 24.3 Å². The number of rotatable bonds is 1. The molecular weight excluding hydrogens is 233 g/mol. The summed E-state index contributed by atoms with van der Waals surface area (Å²) < 4.78 is 15.3. The first kappa shape index (κ1) is 10.6. The molecule has 0 aliphatic carbocycles. The van der Waals surface area contributed by atoms with Crippen LogP contribution in [0.1, 0.15) is 0 Å². The van der Waals surface area contributed by atoms with Gasteiger partial charge in [-0.1, -0.05) is 18.2 Å². The van der Waals surface area contributed by atoms with E-state index in [0.717, 1.165) is 0 Å². The summed E-state index contributed by atoms with van der Waals surface area (Å²) in [5.74, 6) is -0.591. The molecule has 5 heteroatoms. The molecule has 1 heterocycles. The molecular formula is C13H10FN3O. The SMILES string of the molecule is Nc1nc2ccccc2n1-c1c(O)cccc1F. The van der Waals surface area contributed by atoms with Crippen LogP contribution in [0.4, 0.5) is 10.3 Å². The van der Waals surface area contributed by atoms with Gasteiger partial charge in [0.2, 0.25) is 5.95 Å². The average molecular weight is 243 g/mol. The second-order valence-corrected chi connectivity index (χ2v) is 3.90. The number of hydrogen-bond donors (Lipinski definition) is 2. The molecule has 4 nitrogen and oxygen atoms in total. The standard InChI is InChI=1S/C13H10FN3O/c14-8-4-3-7-11(18)12(8)17-10-6-2-1-5-9(10)16-13(17)15/h1-7,18H,(H2,15,16). The number of nitrogens with two attached hydrogens (primary N) is 1. The number of benzene rings is 2. The van der Waals surface area contributed by atoms with Gasteiger partial charge in [0.1, 0.15) is 11.4 Å². The second kappa shape index (κ2) is 3.73. The Balaban J connectivity index is 2.42. The fraction of sp³-hybridized carbons (Fsp3) is 0. The fourth-order valence-electron chi connectivity index (χ4n) is 2.00. The lowest BCUT2D eigenvalue weighted by atomic mass is 10.2. The van der Waals surface area contributed by atoms with Crippen molar-refractivity contribution in [2.45, 2.75) is 0 Å². The van der Waals surface area contributed by atoms with Crippen LogP contribution in [0.25, 0.3) is 16.7 Å². The number of anilines is 1. The van der Waals surface area contributed by atoms with E-state index < -0.39 is 5.82 Å².